The summed E-state index contributed by atoms with van der Waals surface area (Å²) < 4.78 is 5.36. The van der Waals surface area contributed by atoms with Crippen LogP contribution in [0.1, 0.15) is 13.3 Å². The van der Waals surface area contributed by atoms with Gasteiger partial charge >= 0.3 is 5.97 Å². The molecule has 100 valence electrons. The molecule has 0 bridgehead atoms. The van der Waals surface area contributed by atoms with E-state index < -0.39 is 18.1 Å². The lowest BCUT2D eigenvalue weighted by Gasteiger charge is -2.16. The van der Waals surface area contributed by atoms with E-state index in [2.05, 4.69) is 5.32 Å². The number of aliphatic hydroxyl groups excluding tert-OH is 1. The predicted molar refractivity (Wildman–Crippen MR) is 67.7 cm³/mol. The molecular formula is C13H19NO4. The first-order valence-electron chi connectivity index (χ1n) is 5.95. The van der Waals surface area contributed by atoms with Crippen molar-refractivity contribution in [1.29, 1.82) is 0 Å². The Kier molecular flexibility index (Phi) is 6.18. The molecule has 0 fully saturated rings. The van der Waals surface area contributed by atoms with Crippen molar-refractivity contribution in [3.05, 3.63) is 30.3 Å². The standard InChI is InChI=1S/C13H19NO4/c1-2-12(13(16)17)14-8-10(15)9-18-11-6-4-3-5-7-11/h3-7,10,12,14-15H,2,8-9H2,1H3,(H,16,17)/t10-,12-/m1/s1. The summed E-state index contributed by atoms with van der Waals surface area (Å²) in [5.41, 5.74) is 0. The highest BCUT2D eigenvalue weighted by molar-refractivity contribution is 5.73. The fourth-order valence-corrected chi connectivity index (χ4v) is 1.45. The first-order chi connectivity index (χ1) is 8.63. The fourth-order valence-electron chi connectivity index (χ4n) is 1.45. The highest BCUT2D eigenvalue weighted by Crippen LogP contribution is 2.08. The van der Waals surface area contributed by atoms with Gasteiger partial charge in [0.15, 0.2) is 0 Å². The van der Waals surface area contributed by atoms with E-state index in [-0.39, 0.29) is 13.2 Å². The highest BCUT2D eigenvalue weighted by Gasteiger charge is 2.15. The Bertz CT molecular complexity index is 355. The third kappa shape index (κ3) is 5.16. The van der Waals surface area contributed by atoms with Crippen LogP contribution in [0.3, 0.4) is 0 Å². The van der Waals surface area contributed by atoms with Crippen LogP contribution in [0.4, 0.5) is 0 Å². The molecule has 5 nitrogen and oxygen atoms in total. The first-order valence-corrected chi connectivity index (χ1v) is 5.95. The van der Waals surface area contributed by atoms with E-state index >= 15 is 0 Å². The van der Waals surface area contributed by atoms with Gasteiger partial charge in [-0.25, -0.2) is 0 Å². The Balaban J connectivity index is 2.25. The lowest BCUT2D eigenvalue weighted by molar-refractivity contribution is -0.139. The van der Waals surface area contributed by atoms with Gasteiger partial charge < -0.3 is 20.3 Å². The molecule has 1 rings (SSSR count). The molecule has 1 aromatic rings. The molecule has 2 atom stereocenters. The number of aliphatic hydroxyl groups is 1. The quantitative estimate of drug-likeness (QED) is 0.641. The fraction of sp³-hybridized carbons (Fsp3) is 0.462. The van der Waals surface area contributed by atoms with E-state index in [1.54, 1.807) is 19.1 Å². The summed E-state index contributed by atoms with van der Waals surface area (Å²) in [7, 11) is 0. The summed E-state index contributed by atoms with van der Waals surface area (Å²) >= 11 is 0. The van der Waals surface area contributed by atoms with Crippen LogP contribution in [0.15, 0.2) is 30.3 Å². The van der Waals surface area contributed by atoms with Crippen LogP contribution >= 0.6 is 0 Å². The summed E-state index contributed by atoms with van der Waals surface area (Å²) in [6.45, 7) is 2.10. The van der Waals surface area contributed by atoms with E-state index in [4.69, 9.17) is 9.84 Å². The summed E-state index contributed by atoms with van der Waals surface area (Å²) in [6.07, 6.45) is -0.264. The van der Waals surface area contributed by atoms with Crippen molar-refractivity contribution in [2.24, 2.45) is 0 Å². The van der Waals surface area contributed by atoms with Crippen LogP contribution < -0.4 is 10.1 Å². The van der Waals surface area contributed by atoms with E-state index in [1.165, 1.54) is 0 Å². The van der Waals surface area contributed by atoms with Gasteiger partial charge in [-0.2, -0.15) is 0 Å². The van der Waals surface area contributed by atoms with Gasteiger partial charge in [0.25, 0.3) is 0 Å². The minimum atomic E-state index is -0.909. The number of nitrogens with one attached hydrogen (secondary N) is 1. The van der Waals surface area contributed by atoms with E-state index in [0.717, 1.165) is 0 Å². The molecule has 0 aromatic heterocycles. The Morgan fingerprint density at radius 2 is 2.06 bits per heavy atom. The Morgan fingerprint density at radius 3 is 2.61 bits per heavy atom. The zero-order valence-electron chi connectivity index (χ0n) is 10.4. The van der Waals surface area contributed by atoms with Crippen LogP contribution in [-0.2, 0) is 4.79 Å². The molecule has 0 aliphatic rings. The van der Waals surface area contributed by atoms with Gasteiger partial charge in [0.05, 0.1) is 0 Å². The molecule has 0 aliphatic carbocycles. The zero-order valence-corrected chi connectivity index (χ0v) is 10.4. The second-order valence-electron chi connectivity index (χ2n) is 3.99. The maximum atomic E-state index is 10.7. The van der Waals surface area contributed by atoms with E-state index in [0.29, 0.717) is 12.2 Å². The summed E-state index contributed by atoms with van der Waals surface area (Å²) in [5, 5.41) is 21.3. The normalized spacial score (nSPS) is 13.9. The molecule has 1 aromatic carbocycles. The van der Waals surface area contributed by atoms with Crippen molar-refractivity contribution in [2.45, 2.75) is 25.5 Å². The number of hydrogen-bond donors (Lipinski definition) is 3. The number of aliphatic carboxylic acids is 1. The van der Waals surface area contributed by atoms with Crippen molar-refractivity contribution in [3.63, 3.8) is 0 Å². The molecule has 0 aliphatic heterocycles. The Hall–Kier alpha value is -1.59. The molecule has 0 radical (unpaired) electrons. The third-order valence-electron chi connectivity index (χ3n) is 2.49. The molecule has 5 heteroatoms. The predicted octanol–water partition coefficient (Wildman–Crippen LogP) is 0.879. The number of carboxylic acid groups (broad SMARTS) is 1. The van der Waals surface area contributed by atoms with Gasteiger partial charge in [-0.1, -0.05) is 25.1 Å². The SMILES string of the molecule is CC[C@@H](NC[C@@H](O)COc1ccccc1)C(=O)O. The van der Waals surface area contributed by atoms with Crippen molar-refractivity contribution in [2.75, 3.05) is 13.2 Å². The smallest absolute Gasteiger partial charge is 0.320 e. The monoisotopic (exact) mass is 253 g/mol. The average Bonchev–Trinajstić information content (AvgIpc) is 2.38. The summed E-state index contributed by atoms with van der Waals surface area (Å²) in [4.78, 5) is 10.7. The lowest BCUT2D eigenvalue weighted by atomic mass is 10.2. The second kappa shape index (κ2) is 7.68. The summed E-state index contributed by atoms with van der Waals surface area (Å²) in [6, 6.07) is 8.54. The minimum Gasteiger partial charge on any atom is -0.491 e. The summed E-state index contributed by atoms with van der Waals surface area (Å²) in [5.74, 6) is -0.226. The maximum absolute atomic E-state index is 10.7. The van der Waals surface area contributed by atoms with Crippen molar-refractivity contribution < 1.29 is 19.7 Å². The average molecular weight is 253 g/mol. The number of rotatable bonds is 8. The van der Waals surface area contributed by atoms with Gasteiger partial charge in [-0.3, -0.25) is 4.79 Å². The first kappa shape index (κ1) is 14.5. The molecule has 3 N–H and O–H groups in total. The number of para-hydroxylation sites is 1. The highest BCUT2D eigenvalue weighted by atomic mass is 16.5. The van der Waals surface area contributed by atoms with E-state index in [1.807, 2.05) is 18.2 Å². The van der Waals surface area contributed by atoms with Crippen LogP contribution in [0.2, 0.25) is 0 Å². The van der Waals surface area contributed by atoms with Crippen molar-refractivity contribution >= 4 is 5.97 Å². The van der Waals surface area contributed by atoms with Crippen LogP contribution in [-0.4, -0.2) is 41.5 Å². The Morgan fingerprint density at radius 1 is 1.39 bits per heavy atom. The molecular weight excluding hydrogens is 234 g/mol. The van der Waals surface area contributed by atoms with Gasteiger partial charge in [-0.15, -0.1) is 0 Å². The van der Waals surface area contributed by atoms with Crippen molar-refractivity contribution in [1.82, 2.24) is 5.32 Å². The Labute approximate surface area is 106 Å². The second-order valence-corrected chi connectivity index (χ2v) is 3.99. The maximum Gasteiger partial charge on any atom is 0.320 e. The largest absolute Gasteiger partial charge is 0.491 e. The van der Waals surface area contributed by atoms with Crippen LogP contribution in [0, 0.1) is 0 Å². The number of carboxylic acids is 1. The molecule has 0 saturated carbocycles. The van der Waals surface area contributed by atoms with Gasteiger partial charge in [0.2, 0.25) is 0 Å². The lowest BCUT2D eigenvalue weighted by Crippen LogP contribution is -2.42. The number of hydrogen-bond acceptors (Lipinski definition) is 4. The van der Waals surface area contributed by atoms with Gasteiger partial charge in [0, 0.05) is 6.54 Å². The molecule has 0 spiro atoms. The molecule has 0 amide bonds. The van der Waals surface area contributed by atoms with Gasteiger partial charge in [-0.05, 0) is 18.6 Å². The molecule has 0 saturated heterocycles. The third-order valence-corrected chi connectivity index (χ3v) is 2.49. The minimum absolute atomic E-state index is 0.132. The molecule has 0 unspecified atom stereocenters. The number of benzene rings is 1. The van der Waals surface area contributed by atoms with Gasteiger partial charge in [0.1, 0.15) is 24.5 Å². The number of carbonyl (C=O) groups is 1. The van der Waals surface area contributed by atoms with Crippen molar-refractivity contribution in [3.8, 4) is 5.75 Å². The zero-order chi connectivity index (χ0) is 13.4. The van der Waals surface area contributed by atoms with E-state index in [9.17, 15) is 9.90 Å². The number of ether oxygens (including phenoxy) is 1. The van der Waals surface area contributed by atoms with Crippen LogP contribution in [0.5, 0.6) is 5.75 Å². The molecule has 18 heavy (non-hydrogen) atoms. The molecule has 0 heterocycles. The van der Waals surface area contributed by atoms with Crippen LogP contribution in [0.25, 0.3) is 0 Å². The topological polar surface area (TPSA) is 78.8 Å².